The molecule has 6 aromatic rings. The second kappa shape index (κ2) is 20.5. The third kappa shape index (κ3) is 10.3. The van der Waals surface area contributed by atoms with Gasteiger partial charge in [-0.1, -0.05) is 0 Å². The summed E-state index contributed by atoms with van der Waals surface area (Å²) in [6, 6.07) is 9.43. The van der Waals surface area contributed by atoms with Crippen LogP contribution in [0.25, 0.3) is 23.3 Å². The number of anilines is 4. The van der Waals surface area contributed by atoms with Crippen molar-refractivity contribution >= 4 is 43.2 Å². The average molecular weight is 997 g/mol. The Bertz CT molecular complexity index is 2840. The van der Waals surface area contributed by atoms with Crippen LogP contribution in [0.2, 0.25) is 0 Å². The smallest absolute Gasteiger partial charge is 0.216 e. The molecule has 368 valence electrons. The number of pyridine rings is 2. The molecule has 2 unspecified atom stereocenters. The van der Waals surface area contributed by atoms with Crippen LogP contribution in [0.1, 0.15) is 62.3 Å². The largest absolute Gasteiger partial charge is 0.369 e. The molecule has 2 fully saturated rings. The van der Waals surface area contributed by atoms with Crippen molar-refractivity contribution in [2.24, 2.45) is 0 Å². The Hall–Kier alpha value is -6.50. The lowest BCUT2D eigenvalue weighted by atomic mass is 9.99. The minimum Gasteiger partial charge on any atom is -0.369 e. The summed E-state index contributed by atoms with van der Waals surface area (Å²) in [7, 11) is -6.46. The second-order valence-electron chi connectivity index (χ2n) is 17.2. The van der Waals surface area contributed by atoms with Crippen molar-refractivity contribution in [1.82, 2.24) is 58.5 Å². The van der Waals surface area contributed by atoms with Gasteiger partial charge in [0.15, 0.2) is 23.3 Å². The molecule has 70 heavy (non-hydrogen) atoms. The first kappa shape index (κ1) is 48.5. The molecule has 0 saturated carbocycles. The van der Waals surface area contributed by atoms with Crippen LogP contribution in [0.5, 0.6) is 0 Å². The summed E-state index contributed by atoms with van der Waals surface area (Å²) < 4.78 is 80.9. The number of aromatic nitrogens is 10. The van der Waals surface area contributed by atoms with E-state index in [2.05, 4.69) is 54.7 Å². The lowest BCUT2D eigenvalue weighted by Crippen LogP contribution is -2.49. The average Bonchev–Trinajstić information content (AvgIpc) is 3.39. The van der Waals surface area contributed by atoms with E-state index in [1.165, 1.54) is 26.8 Å². The Labute approximate surface area is 406 Å². The van der Waals surface area contributed by atoms with E-state index in [4.69, 9.17) is 4.98 Å². The third-order valence-electron chi connectivity index (χ3n) is 13.1. The number of piperazine rings is 2. The van der Waals surface area contributed by atoms with E-state index in [1.54, 1.807) is 63.2 Å². The second-order valence-corrected chi connectivity index (χ2v) is 21.7. The summed E-state index contributed by atoms with van der Waals surface area (Å²) in [6.45, 7) is 12.0. The van der Waals surface area contributed by atoms with Crippen molar-refractivity contribution in [2.75, 3.05) is 96.6 Å². The summed E-state index contributed by atoms with van der Waals surface area (Å²) in [5.41, 5.74) is 4.47. The van der Waals surface area contributed by atoms with Gasteiger partial charge >= 0.3 is 0 Å². The van der Waals surface area contributed by atoms with Crippen LogP contribution in [-0.2, 0) is 32.9 Å². The fraction of sp³-hybridized carbons (Fsp3) is 0.435. The standard InChI is InChI=1S/2C23H27FN8O2S/c1-3-35(33,34)31-11-9-30(10-12-31)17-13-20(24)29-21(14-17)32-8-5-19-18(16(32)2)15-27-23(28-19)22-25-6-4-7-26-22;1-3-35(33,34)31-11-9-30(10-12-31)20-13-17(24)14-21(29-20)32-8-5-19-18(16(32)2)15-27-23(28-19)22-25-6-4-7-26-22/h2*4,6-7,13-16H,3,5,8-12H2,1-2H3. The minimum atomic E-state index is -3.23. The Morgan fingerprint density at radius 3 is 1.43 bits per heavy atom. The van der Waals surface area contributed by atoms with E-state index in [9.17, 15) is 25.6 Å². The number of hydrogen-bond acceptors (Lipinski definition) is 18. The molecule has 20 nitrogen and oxygen atoms in total. The Morgan fingerprint density at radius 2 is 0.957 bits per heavy atom. The lowest BCUT2D eigenvalue weighted by Gasteiger charge is -2.37. The first-order valence-electron chi connectivity index (χ1n) is 23.3. The molecule has 0 spiro atoms. The van der Waals surface area contributed by atoms with Crippen molar-refractivity contribution in [2.45, 2.75) is 52.6 Å². The van der Waals surface area contributed by atoms with Gasteiger partial charge in [0.2, 0.25) is 26.0 Å². The van der Waals surface area contributed by atoms with Crippen LogP contribution in [0, 0.1) is 11.8 Å². The van der Waals surface area contributed by atoms with Crippen LogP contribution in [0.15, 0.2) is 73.6 Å². The maximum absolute atomic E-state index is 14.7. The highest BCUT2D eigenvalue weighted by molar-refractivity contribution is 7.89. The van der Waals surface area contributed by atoms with Crippen LogP contribution in [-0.4, -0.2) is 152 Å². The molecule has 0 aromatic carbocycles. The molecular weight excluding hydrogens is 943 g/mol. The van der Waals surface area contributed by atoms with Crippen LogP contribution in [0.4, 0.5) is 31.9 Å². The summed E-state index contributed by atoms with van der Waals surface area (Å²) in [5, 5.41) is 0. The van der Waals surface area contributed by atoms with Gasteiger partial charge in [0.1, 0.15) is 23.3 Å². The monoisotopic (exact) mass is 996 g/mol. The molecule has 0 amide bonds. The van der Waals surface area contributed by atoms with Crippen LogP contribution in [0.3, 0.4) is 0 Å². The highest BCUT2D eigenvalue weighted by atomic mass is 32.2. The molecule has 0 radical (unpaired) electrons. The van der Waals surface area contributed by atoms with Gasteiger partial charge in [-0.15, -0.1) is 0 Å². The van der Waals surface area contributed by atoms with Crippen LogP contribution < -0.4 is 19.6 Å². The van der Waals surface area contributed by atoms with Gasteiger partial charge in [-0.25, -0.2) is 71.1 Å². The summed E-state index contributed by atoms with van der Waals surface area (Å²) in [5.74, 6) is 2.75. The molecular formula is C46H54F2N16O4S2. The molecule has 24 heteroatoms. The number of halogens is 2. The molecule has 10 rings (SSSR count). The van der Waals surface area contributed by atoms with Crippen molar-refractivity contribution in [3.8, 4) is 23.3 Å². The van der Waals surface area contributed by atoms with Gasteiger partial charge in [0.05, 0.1) is 35.0 Å². The van der Waals surface area contributed by atoms with E-state index < -0.39 is 26.0 Å². The van der Waals surface area contributed by atoms with Gasteiger partial charge in [-0.05, 0) is 39.8 Å². The topological polar surface area (TPSA) is 217 Å². The lowest BCUT2D eigenvalue weighted by molar-refractivity contribution is 0.384. The zero-order chi connectivity index (χ0) is 49.2. The van der Waals surface area contributed by atoms with E-state index in [1.807, 2.05) is 29.7 Å². The Kier molecular flexibility index (Phi) is 14.2. The van der Waals surface area contributed by atoms with Gasteiger partial charge in [-0.2, -0.15) is 13.0 Å². The van der Waals surface area contributed by atoms with Crippen molar-refractivity contribution in [1.29, 1.82) is 0 Å². The minimum absolute atomic E-state index is 0.0767. The zero-order valence-corrected chi connectivity index (χ0v) is 41.0. The fourth-order valence-electron chi connectivity index (χ4n) is 9.16. The normalized spacial score (nSPS) is 19.0. The fourth-order valence-corrected chi connectivity index (χ4v) is 11.3. The highest BCUT2D eigenvalue weighted by Crippen LogP contribution is 2.36. The van der Waals surface area contributed by atoms with E-state index in [0.29, 0.717) is 125 Å². The molecule has 2 saturated heterocycles. The molecule has 4 aliphatic heterocycles. The SMILES string of the molecule is CCS(=O)(=O)N1CCN(c2cc(F)cc(N3CCc4nc(-c5ncccn5)ncc4C3C)n2)CC1.CCS(=O)(=O)N1CCN(c2cc(F)nc(N3CCc4nc(-c5ncccn5)ncc4C3C)c2)CC1. The first-order valence-corrected chi connectivity index (χ1v) is 26.5. The van der Waals surface area contributed by atoms with Crippen molar-refractivity contribution in [3.63, 3.8) is 0 Å². The molecule has 6 aromatic heterocycles. The highest BCUT2D eigenvalue weighted by Gasteiger charge is 2.32. The molecule has 2 atom stereocenters. The zero-order valence-electron chi connectivity index (χ0n) is 39.3. The number of fused-ring (bicyclic) bond motifs is 2. The van der Waals surface area contributed by atoms with Crippen LogP contribution >= 0.6 is 0 Å². The van der Waals surface area contributed by atoms with Gasteiger partial charge in [0.25, 0.3) is 0 Å². The summed E-state index contributed by atoms with van der Waals surface area (Å²) >= 11 is 0. The maximum atomic E-state index is 14.7. The predicted molar refractivity (Wildman–Crippen MR) is 260 cm³/mol. The van der Waals surface area contributed by atoms with E-state index >= 15 is 0 Å². The number of sulfonamides is 2. The molecule has 0 bridgehead atoms. The summed E-state index contributed by atoms with van der Waals surface area (Å²) in [4.78, 5) is 52.2. The third-order valence-corrected chi connectivity index (χ3v) is 16.9. The molecule has 0 N–H and O–H groups in total. The molecule has 10 heterocycles. The van der Waals surface area contributed by atoms with Gasteiger partial charge < -0.3 is 19.6 Å². The molecule has 4 aliphatic rings. The quantitative estimate of drug-likeness (QED) is 0.176. The molecule has 0 aliphatic carbocycles. The maximum Gasteiger partial charge on any atom is 0.216 e. The Balaban J connectivity index is 0.000000174. The van der Waals surface area contributed by atoms with Crippen molar-refractivity contribution in [3.05, 3.63) is 108 Å². The Morgan fingerprint density at radius 1 is 0.514 bits per heavy atom. The predicted octanol–water partition coefficient (Wildman–Crippen LogP) is 4.13. The first-order chi connectivity index (χ1) is 33.7. The van der Waals surface area contributed by atoms with Gasteiger partial charge in [0, 0.05) is 157 Å². The van der Waals surface area contributed by atoms with E-state index in [0.717, 1.165) is 22.5 Å². The summed E-state index contributed by atoms with van der Waals surface area (Å²) in [6.07, 6.45) is 11.5. The van der Waals surface area contributed by atoms with E-state index in [-0.39, 0.29) is 29.4 Å². The van der Waals surface area contributed by atoms with Gasteiger partial charge in [-0.3, -0.25) is 0 Å². The number of rotatable bonds is 10. The number of nitrogens with zero attached hydrogens (tertiary/aromatic N) is 16. The number of hydrogen-bond donors (Lipinski definition) is 0. The van der Waals surface area contributed by atoms with Crippen molar-refractivity contribution < 1.29 is 25.6 Å².